The molecular formula is C77H136ClLiN23NaO24S4. The van der Waals surface area contributed by atoms with E-state index in [1.54, 1.807) is 0 Å². The first-order valence-corrected chi connectivity index (χ1v) is 49.1. The van der Waals surface area contributed by atoms with Crippen LogP contribution in [-0.4, -0.2) is 286 Å². The maximum atomic E-state index is 11.2. The minimum absolute atomic E-state index is 0. The number of unbranched alkanes of at least 4 members (excludes halogenated alkanes) is 12. The number of aliphatic hydroxyl groups excluding tert-OH is 2. The van der Waals surface area contributed by atoms with Crippen LogP contribution in [-0.2, 0) is 61.5 Å². The topological polar surface area (TPSA) is 718 Å². The fourth-order valence-electron chi connectivity index (χ4n) is 15.1. The molecule has 0 aromatic heterocycles. The zero-order chi connectivity index (χ0) is 95.4. The SMILES string of the molecule is CCCCCC[C@H]1NC(=O)N[C@H]1CN=[N+]=[N-].CC[C@@H]1NC(=O)N[C@@H]1CCCCCC(=O)OC.COC(=O)CCCCC[C@H]1NC(=O)N[C@H]1CN=[N+]=[N-].COC(=O)CCCCC[C@H]1NC(=O)N[C@H]1CO.COC(=O)CCCC[C@@H]1SC(O)[C@@H]2NC(=O)N[C@H]12.COC(=O)CCCC[C@@H]1SC[C@@H]2NC(=O)N[C@@H]21.CS(=O)(=O)Cl.O=C(O)CCCC[C@@H]1SC[C@@H]2NC(=O)N[C@@H]21.[Li+].[N-]=[N+]=[N-].[Na+].[OH-]. The van der Waals surface area contributed by atoms with Gasteiger partial charge in [0, 0.05) is 99.4 Å². The first-order chi connectivity index (χ1) is 61.2. The molecule has 0 aromatic rings. The van der Waals surface area contributed by atoms with Gasteiger partial charge in [-0.05, 0) is 101 Å². The van der Waals surface area contributed by atoms with E-state index in [9.17, 15) is 75.9 Å². The molecule has 47 nitrogen and oxygen atoms in total. The number of hydrogen-bond donors (Lipinski definition) is 17. The Kier molecular flexibility index (Phi) is 70.6. The molecule has 10 heterocycles. The van der Waals surface area contributed by atoms with Gasteiger partial charge in [0.15, 0.2) is 0 Å². The number of nitrogens with one attached hydrogen (secondary N) is 14. The summed E-state index contributed by atoms with van der Waals surface area (Å²) in [6, 6.07) is 0.0882. The standard InChI is InChI=1S/C12H22N2O3.C11H19N5O3.C11H18N2O4S.C11H20N2O4.C11H18N2O3S.C10H19N5O.C10H16N2O3S.CH3ClO2S.Li.N3.Na.H2O/c1-3-9-10(14-12(16)13-9)7-5-4-6-8-11(15)17-2;1-19-10(17)6-4-2-3-5-8-9(7-13-16-12)15-11(18)14-8;1-17-7(14)5-3-2-4-6-8-9(10(15)18-6)13-11(16)12-8;1-17-10(15)6-4-2-3-5-8-9(7-14)13-11(16)12-8;1-16-9(14)5-3-2-4-8-10-7(6-17-8)12-11(15)13-10;1-2-3-4-5-6-8-9(7-12-15-11)14-10(16)13-8;13-8(14)4-2-1-3-7-9-6(5-16-7)11-10(15)12-9;1-5(2,3)4;;1-3-2;;/h9-10H,3-8H2,1-2H3,(H2,13,14,16);8-9H,2-7H2,1H3,(H2,14,15,18);6,8-10,15H,2-5H2,1H3,(H2,12,13,16);8-9,14H,2-7H2,1H3,(H2,12,13,16);7-8,10H,2-6H2,1H3,(H2,12,13,15);8-9H,2-7H2,1H3,(H2,13,14,16);6-7,9H,1-5H2,(H,13,14)(H2,11,12,15);1H3;;;;1H2/q;;;;;;;;+1;-1;+1;/p-1/t9-,10+;8-,9+;6-,8+,9+,10?;8-,9+;7-,8-,10-;8-,9+;6-,7-,9-;;;;;/m0101010...../s1. The zero-order valence-corrected chi connectivity index (χ0v) is 82.8. The summed E-state index contributed by atoms with van der Waals surface area (Å²) >= 11 is 5.26. The van der Waals surface area contributed by atoms with Crippen LogP contribution < -0.4 is 123 Å². The Morgan fingerprint density at radius 2 is 0.679 bits per heavy atom. The summed E-state index contributed by atoms with van der Waals surface area (Å²) in [7, 11) is 8.28. The van der Waals surface area contributed by atoms with E-state index in [2.05, 4.69) is 143 Å². The summed E-state index contributed by atoms with van der Waals surface area (Å²) in [5.74, 6) is 0.366. The number of nitrogens with zero attached hydrogens (tertiary/aromatic N) is 9. The van der Waals surface area contributed by atoms with Gasteiger partial charge in [0.25, 0.3) is 0 Å². The van der Waals surface area contributed by atoms with Crippen LogP contribution in [0.2, 0.25) is 0 Å². The van der Waals surface area contributed by atoms with Gasteiger partial charge in [-0.15, -0.1) is 11.8 Å². The monoisotopic (exact) mass is 1960 g/mol. The minimum atomic E-state index is -3.19. The number of methoxy groups -OCH3 is 5. The Balaban J connectivity index is 0. The van der Waals surface area contributed by atoms with E-state index < -0.39 is 20.5 Å². The molecule has 0 aromatic carbocycles. The van der Waals surface area contributed by atoms with Crippen molar-refractivity contribution in [3.8, 4) is 0 Å². The fourth-order valence-corrected chi connectivity index (χ4v) is 19.7. The molecule has 131 heavy (non-hydrogen) atoms. The van der Waals surface area contributed by atoms with Crippen molar-refractivity contribution >= 4 is 133 Å². The molecule has 10 aliphatic heterocycles. The molecule has 18 atom stereocenters. The van der Waals surface area contributed by atoms with Crippen LogP contribution >= 0.6 is 46.0 Å². The van der Waals surface area contributed by atoms with Crippen molar-refractivity contribution in [2.75, 3.05) is 73.0 Å². The Bertz CT molecular complexity index is 3630. The molecule has 18 N–H and O–H groups in total. The number of carboxylic acid groups (broad SMARTS) is 1. The van der Waals surface area contributed by atoms with Crippen molar-refractivity contribution in [1.29, 1.82) is 0 Å². The van der Waals surface area contributed by atoms with Crippen molar-refractivity contribution in [2.24, 2.45) is 10.2 Å². The number of hydrogen-bond acceptors (Lipinski definition) is 28. The van der Waals surface area contributed by atoms with Crippen LogP contribution in [0.3, 0.4) is 0 Å². The van der Waals surface area contributed by atoms with Crippen LogP contribution in [0, 0.1) is 0 Å². The van der Waals surface area contributed by atoms with E-state index in [4.69, 9.17) is 32.3 Å². The van der Waals surface area contributed by atoms with E-state index in [1.807, 2.05) is 23.5 Å². The molecular weight excluding hydrogens is 1820 g/mol. The van der Waals surface area contributed by atoms with E-state index in [-0.39, 0.29) is 235 Å². The number of urea groups is 7. The predicted octanol–water partition coefficient (Wildman–Crippen LogP) is 2.28. The summed E-state index contributed by atoms with van der Waals surface area (Å²) < 4.78 is 41.6. The number of carbonyl (C=O) groups excluding carboxylic acids is 12. The normalized spacial score (nSPS) is 25.0. The second kappa shape index (κ2) is 73.8. The summed E-state index contributed by atoms with van der Waals surface area (Å²) in [5.41, 5.74) is 29.5. The number of halogens is 1. The molecule has 0 spiro atoms. The Morgan fingerprint density at radius 1 is 0.412 bits per heavy atom. The Labute approximate surface area is 816 Å². The molecule has 0 radical (unpaired) electrons. The number of carboxylic acids is 1. The summed E-state index contributed by atoms with van der Waals surface area (Å²) in [6.07, 6.45) is 28.8. The molecule has 736 valence electrons. The van der Waals surface area contributed by atoms with Crippen LogP contribution in [0.25, 0.3) is 36.9 Å². The van der Waals surface area contributed by atoms with E-state index in [0.717, 1.165) is 172 Å². The van der Waals surface area contributed by atoms with E-state index in [1.165, 1.54) is 71.5 Å². The number of azide groups is 2. The third-order valence-electron chi connectivity index (χ3n) is 21.7. The average Bonchev–Trinajstić information content (AvgIpc) is 1.68. The molecule has 10 saturated heterocycles. The molecule has 0 bridgehead atoms. The Morgan fingerprint density at radius 3 is 1.01 bits per heavy atom. The third kappa shape index (κ3) is 55.1. The summed E-state index contributed by atoms with van der Waals surface area (Å²) in [4.78, 5) is 150. The van der Waals surface area contributed by atoms with Gasteiger partial charge in [-0.1, -0.05) is 108 Å². The van der Waals surface area contributed by atoms with Gasteiger partial charge in [0.05, 0.1) is 133 Å². The van der Waals surface area contributed by atoms with Crippen molar-refractivity contribution in [2.45, 2.75) is 332 Å². The number of fused-ring (bicyclic) bond motifs is 3. The number of aliphatic hydroxyl groups is 2. The van der Waals surface area contributed by atoms with Gasteiger partial charge in [0.1, 0.15) is 5.44 Å². The number of thioether (sulfide) groups is 3. The molecule has 0 aliphatic carbocycles. The fraction of sp³-hybridized carbons (Fsp3) is 0.831. The average molecular weight is 1960 g/mol. The molecule has 1 unspecified atom stereocenters. The number of aliphatic carboxylic acids is 1. The van der Waals surface area contributed by atoms with Crippen LogP contribution in [0.1, 0.15) is 226 Å². The second-order valence-electron chi connectivity index (χ2n) is 31.1. The van der Waals surface area contributed by atoms with E-state index in [0.29, 0.717) is 49.1 Å². The number of rotatable bonds is 44. The molecule has 14 amide bonds. The van der Waals surface area contributed by atoms with Gasteiger partial charge in [0.2, 0.25) is 9.05 Å². The first kappa shape index (κ1) is 125. The largest absolute Gasteiger partial charge is 1.00 e. The number of amides is 14. The van der Waals surface area contributed by atoms with Gasteiger partial charge < -0.3 is 130 Å². The zero-order valence-electron chi connectivity index (χ0n) is 76.8. The minimum Gasteiger partial charge on any atom is -0.870 e. The number of esters is 5. The quantitative estimate of drug-likeness (QED) is 0.00479. The van der Waals surface area contributed by atoms with Gasteiger partial charge >= 0.3 is 126 Å². The molecule has 54 heteroatoms. The van der Waals surface area contributed by atoms with Gasteiger partial charge in [-0.3, -0.25) is 33.7 Å². The second-order valence-corrected chi connectivity index (χ2v) is 38.1. The van der Waals surface area contributed by atoms with Crippen LogP contribution in [0.5, 0.6) is 0 Å². The maximum absolute atomic E-state index is 11.2. The molecule has 0 saturated carbocycles. The molecule has 10 aliphatic rings. The Hall–Kier alpha value is -7.59. The first-order valence-electron chi connectivity index (χ1n) is 43.3. The van der Waals surface area contributed by atoms with Crippen molar-refractivity contribution in [3.05, 3.63) is 36.9 Å². The predicted molar refractivity (Wildman–Crippen MR) is 484 cm³/mol. The summed E-state index contributed by atoms with van der Waals surface area (Å²) in [5, 5.41) is 75.1. The van der Waals surface area contributed by atoms with Crippen molar-refractivity contribution in [3.63, 3.8) is 0 Å². The molecule has 10 rings (SSSR count). The third-order valence-corrected chi connectivity index (χ3v) is 26.2. The van der Waals surface area contributed by atoms with Gasteiger partial charge in [-0.25, -0.2) is 42.0 Å². The number of ether oxygens (including phenoxy) is 5. The van der Waals surface area contributed by atoms with Crippen molar-refractivity contribution < 1.29 is 164 Å². The summed E-state index contributed by atoms with van der Waals surface area (Å²) in [6.45, 7) is 4.77. The smallest absolute Gasteiger partial charge is 0.870 e. The van der Waals surface area contributed by atoms with Crippen molar-refractivity contribution in [1.82, 2.24) is 74.4 Å². The maximum Gasteiger partial charge on any atom is 1.00 e. The van der Waals surface area contributed by atoms with E-state index >= 15 is 0 Å². The number of carbonyl (C=O) groups is 13. The van der Waals surface area contributed by atoms with Crippen LogP contribution in [0.15, 0.2) is 10.2 Å². The van der Waals surface area contributed by atoms with Gasteiger partial charge in [-0.2, -0.15) is 23.5 Å². The van der Waals surface area contributed by atoms with Crippen LogP contribution in [0.4, 0.5) is 33.6 Å². The molecule has 10 fully saturated rings.